The summed E-state index contributed by atoms with van der Waals surface area (Å²) in [6.45, 7) is 7.52. The Bertz CT molecular complexity index is 154. The molecule has 0 aromatic heterocycles. The monoisotopic (exact) mass is 148 g/mol. The van der Waals surface area contributed by atoms with Crippen LogP contribution in [0.2, 0.25) is 19.5 Å². The standard InChI is InChI=1S/C10H17B/c1-8-3-9-5-10(4-8)7-11(2)6-9/h9-10H,1,3-7H2,2H3. The van der Waals surface area contributed by atoms with Crippen LogP contribution in [0.4, 0.5) is 0 Å². The van der Waals surface area contributed by atoms with E-state index < -0.39 is 0 Å². The summed E-state index contributed by atoms with van der Waals surface area (Å²) in [5.41, 5.74) is 1.53. The molecule has 60 valence electrons. The fourth-order valence-corrected chi connectivity index (χ4v) is 3.13. The van der Waals surface area contributed by atoms with Crippen molar-refractivity contribution in [1.29, 1.82) is 0 Å². The van der Waals surface area contributed by atoms with Gasteiger partial charge in [-0.05, 0) is 31.1 Å². The van der Waals surface area contributed by atoms with Gasteiger partial charge in [-0.1, -0.05) is 31.6 Å². The molecule has 1 saturated heterocycles. The first-order valence-electron chi connectivity index (χ1n) is 4.90. The van der Waals surface area contributed by atoms with Gasteiger partial charge >= 0.3 is 0 Å². The van der Waals surface area contributed by atoms with E-state index in [0.717, 1.165) is 18.5 Å². The van der Waals surface area contributed by atoms with Crippen LogP contribution < -0.4 is 0 Å². The number of fused-ring (bicyclic) bond motifs is 2. The highest BCUT2D eigenvalue weighted by Crippen LogP contribution is 2.42. The first-order valence-corrected chi connectivity index (χ1v) is 4.90. The fraction of sp³-hybridized carbons (Fsp3) is 0.800. The fourth-order valence-electron chi connectivity index (χ4n) is 3.13. The quantitative estimate of drug-likeness (QED) is 0.365. The lowest BCUT2D eigenvalue weighted by Gasteiger charge is -2.37. The van der Waals surface area contributed by atoms with Crippen molar-refractivity contribution in [3.63, 3.8) is 0 Å². The van der Waals surface area contributed by atoms with Gasteiger partial charge < -0.3 is 0 Å². The zero-order chi connectivity index (χ0) is 7.84. The summed E-state index contributed by atoms with van der Waals surface area (Å²) in [7, 11) is 0. The predicted octanol–water partition coefficient (Wildman–Crippen LogP) is 3.10. The lowest BCUT2D eigenvalue weighted by atomic mass is 9.37. The molecule has 0 spiro atoms. The predicted molar refractivity (Wildman–Crippen MR) is 51.2 cm³/mol. The molecule has 1 aliphatic heterocycles. The van der Waals surface area contributed by atoms with Crippen LogP contribution in [0.1, 0.15) is 19.3 Å². The van der Waals surface area contributed by atoms with Crippen molar-refractivity contribution in [2.24, 2.45) is 11.8 Å². The molecule has 11 heavy (non-hydrogen) atoms. The average Bonchev–Trinajstić information content (AvgIpc) is 1.82. The maximum Gasteiger partial charge on any atom is 0.137 e. The molecule has 0 radical (unpaired) electrons. The summed E-state index contributed by atoms with van der Waals surface area (Å²) in [6, 6.07) is 0. The highest BCUT2D eigenvalue weighted by atomic mass is 14.3. The van der Waals surface area contributed by atoms with E-state index in [2.05, 4.69) is 13.4 Å². The van der Waals surface area contributed by atoms with E-state index in [1.54, 1.807) is 0 Å². The van der Waals surface area contributed by atoms with Gasteiger partial charge in [0.15, 0.2) is 0 Å². The van der Waals surface area contributed by atoms with Crippen molar-refractivity contribution >= 4 is 6.71 Å². The Kier molecular flexibility index (Phi) is 1.82. The molecule has 2 unspecified atom stereocenters. The summed E-state index contributed by atoms with van der Waals surface area (Å²) in [4.78, 5) is 0. The number of hydrogen-bond acceptors (Lipinski definition) is 0. The normalized spacial score (nSPS) is 37.5. The minimum absolute atomic E-state index is 0.992. The molecule has 0 nitrogen and oxygen atoms in total. The SMILES string of the molecule is C=C1CC2CB(C)CC(C1)C2. The van der Waals surface area contributed by atoms with Gasteiger partial charge in [-0.25, -0.2) is 0 Å². The smallest absolute Gasteiger partial charge is 0.0998 e. The van der Waals surface area contributed by atoms with Crippen LogP contribution in [0.3, 0.4) is 0 Å². The van der Waals surface area contributed by atoms with E-state index in [4.69, 9.17) is 0 Å². The number of rotatable bonds is 0. The third-order valence-corrected chi connectivity index (χ3v) is 3.29. The van der Waals surface area contributed by atoms with Crippen LogP contribution in [0, 0.1) is 11.8 Å². The Balaban J connectivity index is 2.05. The first-order chi connectivity index (χ1) is 5.24. The van der Waals surface area contributed by atoms with Crippen LogP contribution in [0.5, 0.6) is 0 Å². The number of hydrogen-bond donors (Lipinski definition) is 0. The Morgan fingerprint density at radius 2 is 1.82 bits per heavy atom. The second-order valence-corrected chi connectivity index (χ2v) is 4.70. The molecule has 1 heteroatoms. The Hall–Kier alpha value is -0.195. The van der Waals surface area contributed by atoms with Crippen LogP contribution >= 0.6 is 0 Å². The molecule has 1 heterocycles. The highest BCUT2D eigenvalue weighted by Gasteiger charge is 2.32. The number of allylic oxidation sites excluding steroid dienone is 1. The molecule has 0 aromatic carbocycles. The largest absolute Gasteiger partial charge is 0.137 e. The molecule has 1 aliphatic carbocycles. The maximum absolute atomic E-state index is 4.12. The van der Waals surface area contributed by atoms with Gasteiger partial charge in [0.2, 0.25) is 0 Å². The third kappa shape index (κ3) is 1.52. The molecule has 2 aliphatic rings. The summed E-state index contributed by atoms with van der Waals surface area (Å²) in [5.74, 6) is 2.01. The van der Waals surface area contributed by atoms with E-state index in [9.17, 15) is 0 Å². The molecule has 0 amide bonds. The van der Waals surface area contributed by atoms with Gasteiger partial charge in [-0.3, -0.25) is 0 Å². The minimum atomic E-state index is 0.992. The second kappa shape index (κ2) is 2.69. The van der Waals surface area contributed by atoms with E-state index in [1.807, 2.05) is 0 Å². The first kappa shape index (κ1) is 7.45. The summed E-state index contributed by atoms with van der Waals surface area (Å²) < 4.78 is 0. The summed E-state index contributed by atoms with van der Waals surface area (Å²) in [6.07, 6.45) is 7.11. The van der Waals surface area contributed by atoms with Crippen molar-refractivity contribution in [3.8, 4) is 0 Å². The molecular formula is C10H17B. The minimum Gasteiger partial charge on any atom is -0.0998 e. The molecule has 2 bridgehead atoms. The molecule has 2 rings (SSSR count). The van der Waals surface area contributed by atoms with Gasteiger partial charge in [0.05, 0.1) is 0 Å². The van der Waals surface area contributed by atoms with Crippen LogP contribution in [-0.4, -0.2) is 6.71 Å². The van der Waals surface area contributed by atoms with Gasteiger partial charge in [0, 0.05) is 0 Å². The topological polar surface area (TPSA) is 0 Å². The maximum atomic E-state index is 4.12. The van der Waals surface area contributed by atoms with Crippen LogP contribution in [-0.2, 0) is 0 Å². The average molecular weight is 148 g/mol. The van der Waals surface area contributed by atoms with Crippen LogP contribution in [0.25, 0.3) is 0 Å². The van der Waals surface area contributed by atoms with Gasteiger partial charge in [0.1, 0.15) is 6.71 Å². The van der Waals surface area contributed by atoms with E-state index in [-0.39, 0.29) is 0 Å². The lowest BCUT2D eigenvalue weighted by molar-refractivity contribution is 0.337. The van der Waals surface area contributed by atoms with Crippen molar-refractivity contribution in [1.82, 2.24) is 0 Å². The Morgan fingerprint density at radius 1 is 1.27 bits per heavy atom. The molecule has 0 aromatic rings. The molecule has 1 saturated carbocycles. The van der Waals surface area contributed by atoms with Gasteiger partial charge in [-0.2, -0.15) is 0 Å². The lowest BCUT2D eigenvalue weighted by Crippen LogP contribution is -2.30. The van der Waals surface area contributed by atoms with E-state index >= 15 is 0 Å². The zero-order valence-corrected chi connectivity index (χ0v) is 7.47. The van der Waals surface area contributed by atoms with Crippen LogP contribution in [0.15, 0.2) is 12.2 Å². The molecule has 0 N–H and O–H groups in total. The van der Waals surface area contributed by atoms with E-state index in [1.165, 1.54) is 37.5 Å². The highest BCUT2D eigenvalue weighted by molar-refractivity contribution is 6.57. The summed E-state index contributed by atoms with van der Waals surface area (Å²) >= 11 is 0. The molecule has 2 atom stereocenters. The van der Waals surface area contributed by atoms with E-state index in [0.29, 0.717) is 0 Å². The van der Waals surface area contributed by atoms with Crippen molar-refractivity contribution in [2.75, 3.05) is 0 Å². The Morgan fingerprint density at radius 3 is 2.36 bits per heavy atom. The van der Waals surface area contributed by atoms with Crippen molar-refractivity contribution in [2.45, 2.75) is 38.7 Å². The molecular weight excluding hydrogens is 131 g/mol. The van der Waals surface area contributed by atoms with Gasteiger partial charge in [0.25, 0.3) is 0 Å². The second-order valence-electron chi connectivity index (χ2n) is 4.70. The summed E-state index contributed by atoms with van der Waals surface area (Å²) in [5, 5.41) is 0. The third-order valence-electron chi connectivity index (χ3n) is 3.29. The molecule has 2 fully saturated rings. The zero-order valence-electron chi connectivity index (χ0n) is 7.47. The Labute approximate surface area is 70.1 Å². The van der Waals surface area contributed by atoms with Crippen molar-refractivity contribution < 1.29 is 0 Å². The van der Waals surface area contributed by atoms with Gasteiger partial charge in [-0.15, -0.1) is 0 Å². The van der Waals surface area contributed by atoms with Crippen molar-refractivity contribution in [3.05, 3.63) is 12.2 Å².